The molecule has 0 bridgehead atoms. The highest BCUT2D eigenvalue weighted by atomic mass is 19.4. The van der Waals surface area contributed by atoms with E-state index < -0.39 is 12.1 Å². The molecule has 1 saturated carbocycles. The van der Waals surface area contributed by atoms with Gasteiger partial charge in [0.2, 0.25) is 5.82 Å². The first kappa shape index (κ1) is 18.4. The predicted octanol–water partition coefficient (Wildman–Crippen LogP) is 3.44. The van der Waals surface area contributed by atoms with E-state index in [-0.39, 0.29) is 23.9 Å². The van der Waals surface area contributed by atoms with Crippen LogP contribution in [0.4, 0.5) is 13.2 Å². The third-order valence-corrected chi connectivity index (χ3v) is 4.40. The zero-order valence-corrected chi connectivity index (χ0v) is 14.0. The van der Waals surface area contributed by atoms with Crippen LogP contribution in [-0.4, -0.2) is 35.3 Å². The Labute approximate surface area is 147 Å². The summed E-state index contributed by atoms with van der Waals surface area (Å²) in [4.78, 5) is 15.7. The van der Waals surface area contributed by atoms with Crippen molar-refractivity contribution >= 4 is 5.91 Å². The Morgan fingerprint density at radius 2 is 1.92 bits per heavy atom. The van der Waals surface area contributed by atoms with Gasteiger partial charge in [-0.1, -0.05) is 30.1 Å². The summed E-state index contributed by atoms with van der Waals surface area (Å²) in [6.07, 6.45) is -0.839. The Hall–Kier alpha value is -2.42. The highest BCUT2D eigenvalue weighted by Gasteiger charge is 2.38. The number of hydrogen-bond acceptors (Lipinski definition) is 5. The number of rotatable bonds is 4. The maximum atomic E-state index is 12.5. The fourth-order valence-corrected chi connectivity index (χ4v) is 3.02. The van der Waals surface area contributed by atoms with Crippen LogP contribution in [0.2, 0.25) is 0 Å². The minimum Gasteiger partial charge on any atom is -0.379 e. The molecule has 1 amide bonds. The SMILES string of the molecule is CO[C@@H]1CCCC[C@@H]1NC(=O)c1ccc(-c2noc(C(F)(F)F)n2)cc1. The average molecular weight is 369 g/mol. The van der Waals surface area contributed by atoms with Gasteiger partial charge in [-0.25, -0.2) is 0 Å². The highest BCUT2D eigenvalue weighted by Crippen LogP contribution is 2.29. The van der Waals surface area contributed by atoms with Gasteiger partial charge in [-0.2, -0.15) is 18.2 Å². The standard InChI is InChI=1S/C17H18F3N3O3/c1-25-13-5-3-2-4-12(13)21-15(24)11-8-6-10(7-9-11)14-22-16(26-23-14)17(18,19)20/h6-9,12-13H,2-5H2,1H3,(H,21,24)/t12-,13+/m0/s1. The molecule has 26 heavy (non-hydrogen) atoms. The Balaban J connectivity index is 1.69. The molecule has 0 unspecified atom stereocenters. The van der Waals surface area contributed by atoms with Crippen molar-refractivity contribution in [2.24, 2.45) is 0 Å². The number of carbonyl (C=O) groups excluding carboxylic acids is 1. The molecule has 1 N–H and O–H groups in total. The van der Waals surface area contributed by atoms with Gasteiger partial charge in [0.25, 0.3) is 5.91 Å². The lowest BCUT2D eigenvalue weighted by Gasteiger charge is -2.31. The van der Waals surface area contributed by atoms with Crippen LogP contribution in [-0.2, 0) is 10.9 Å². The monoisotopic (exact) mass is 369 g/mol. The molecule has 1 aliphatic carbocycles. The fourth-order valence-electron chi connectivity index (χ4n) is 3.02. The van der Waals surface area contributed by atoms with E-state index in [1.54, 1.807) is 7.11 Å². The van der Waals surface area contributed by atoms with Crippen LogP contribution in [0.1, 0.15) is 41.9 Å². The quantitative estimate of drug-likeness (QED) is 0.893. The van der Waals surface area contributed by atoms with Crippen LogP contribution in [0.15, 0.2) is 28.8 Å². The maximum Gasteiger partial charge on any atom is 0.471 e. The second-order valence-electron chi connectivity index (χ2n) is 6.14. The fraction of sp³-hybridized carbons (Fsp3) is 0.471. The van der Waals surface area contributed by atoms with Gasteiger partial charge in [-0.15, -0.1) is 0 Å². The zero-order valence-electron chi connectivity index (χ0n) is 14.0. The average Bonchev–Trinajstić information content (AvgIpc) is 3.13. The summed E-state index contributed by atoms with van der Waals surface area (Å²) in [7, 11) is 1.63. The first-order valence-electron chi connectivity index (χ1n) is 8.23. The lowest BCUT2D eigenvalue weighted by Crippen LogP contribution is -2.45. The summed E-state index contributed by atoms with van der Waals surface area (Å²) >= 11 is 0. The van der Waals surface area contributed by atoms with Crippen molar-refractivity contribution in [2.75, 3.05) is 7.11 Å². The van der Waals surface area contributed by atoms with Gasteiger partial charge < -0.3 is 14.6 Å². The smallest absolute Gasteiger partial charge is 0.379 e. The largest absolute Gasteiger partial charge is 0.471 e. The third-order valence-electron chi connectivity index (χ3n) is 4.40. The minimum absolute atomic E-state index is 0.00732. The van der Waals surface area contributed by atoms with E-state index in [4.69, 9.17) is 4.74 Å². The number of hydrogen-bond donors (Lipinski definition) is 1. The molecule has 1 fully saturated rings. The van der Waals surface area contributed by atoms with E-state index >= 15 is 0 Å². The summed E-state index contributed by atoms with van der Waals surface area (Å²) in [6.45, 7) is 0. The van der Waals surface area contributed by atoms with Gasteiger partial charge in [0, 0.05) is 18.2 Å². The van der Waals surface area contributed by atoms with Gasteiger partial charge >= 0.3 is 12.1 Å². The molecule has 3 rings (SSSR count). The van der Waals surface area contributed by atoms with Crippen molar-refractivity contribution in [3.8, 4) is 11.4 Å². The van der Waals surface area contributed by atoms with Gasteiger partial charge in [-0.05, 0) is 25.0 Å². The van der Waals surface area contributed by atoms with E-state index in [9.17, 15) is 18.0 Å². The molecule has 0 saturated heterocycles. The maximum absolute atomic E-state index is 12.5. The van der Waals surface area contributed by atoms with E-state index in [0.717, 1.165) is 25.7 Å². The second-order valence-corrected chi connectivity index (χ2v) is 6.14. The molecule has 0 aliphatic heterocycles. The van der Waals surface area contributed by atoms with Gasteiger partial charge in [0.1, 0.15) is 0 Å². The van der Waals surface area contributed by atoms with Crippen molar-refractivity contribution < 1.29 is 27.2 Å². The topological polar surface area (TPSA) is 77.2 Å². The molecule has 0 radical (unpaired) electrons. The number of halogens is 3. The van der Waals surface area contributed by atoms with Crippen LogP contribution in [0.25, 0.3) is 11.4 Å². The summed E-state index contributed by atoms with van der Waals surface area (Å²) in [5.41, 5.74) is 0.724. The Bertz CT molecular complexity index is 759. The third kappa shape index (κ3) is 4.04. The number of benzene rings is 1. The number of carbonyl (C=O) groups is 1. The summed E-state index contributed by atoms with van der Waals surface area (Å²) in [5, 5.41) is 6.28. The normalized spacial score (nSPS) is 20.8. The lowest BCUT2D eigenvalue weighted by molar-refractivity contribution is -0.159. The van der Waals surface area contributed by atoms with Crippen molar-refractivity contribution in [3.63, 3.8) is 0 Å². The Morgan fingerprint density at radius 3 is 2.54 bits per heavy atom. The summed E-state index contributed by atoms with van der Waals surface area (Å²) in [6, 6.07) is 5.94. The molecule has 1 heterocycles. The first-order chi connectivity index (χ1) is 12.4. The molecule has 1 aliphatic rings. The van der Waals surface area contributed by atoms with Crippen molar-refractivity contribution in [2.45, 2.75) is 44.0 Å². The number of amides is 1. The number of methoxy groups -OCH3 is 1. The lowest BCUT2D eigenvalue weighted by atomic mass is 9.92. The summed E-state index contributed by atoms with van der Waals surface area (Å²) in [5.74, 6) is -1.84. The predicted molar refractivity (Wildman–Crippen MR) is 85.3 cm³/mol. The number of aromatic nitrogens is 2. The van der Waals surface area contributed by atoms with E-state index in [1.807, 2.05) is 0 Å². The van der Waals surface area contributed by atoms with Gasteiger partial charge in [0.05, 0.1) is 12.1 Å². The molecule has 1 aromatic carbocycles. The second kappa shape index (κ2) is 7.45. The molecule has 1 aromatic heterocycles. The van der Waals surface area contributed by atoms with Crippen molar-refractivity contribution in [3.05, 3.63) is 35.7 Å². The van der Waals surface area contributed by atoms with Gasteiger partial charge in [-0.3, -0.25) is 4.79 Å². The number of nitrogens with one attached hydrogen (secondary N) is 1. The number of ether oxygens (including phenoxy) is 1. The van der Waals surface area contributed by atoms with Crippen LogP contribution in [0.5, 0.6) is 0 Å². The molecule has 2 atom stereocenters. The number of alkyl halides is 3. The van der Waals surface area contributed by atoms with Crippen molar-refractivity contribution in [1.82, 2.24) is 15.5 Å². The molecular weight excluding hydrogens is 351 g/mol. The van der Waals surface area contributed by atoms with Gasteiger partial charge in [0.15, 0.2) is 0 Å². The molecule has 140 valence electrons. The highest BCUT2D eigenvalue weighted by molar-refractivity contribution is 5.94. The van der Waals surface area contributed by atoms with Crippen LogP contribution in [0, 0.1) is 0 Å². The van der Waals surface area contributed by atoms with Crippen molar-refractivity contribution in [1.29, 1.82) is 0 Å². The number of nitrogens with zero attached hydrogens (tertiary/aromatic N) is 2. The van der Waals surface area contributed by atoms with E-state index in [2.05, 4.69) is 20.0 Å². The van der Waals surface area contributed by atoms with Crippen LogP contribution in [0.3, 0.4) is 0 Å². The molecule has 6 nitrogen and oxygen atoms in total. The van der Waals surface area contributed by atoms with Crippen LogP contribution < -0.4 is 5.32 Å². The molecule has 0 spiro atoms. The Morgan fingerprint density at radius 1 is 1.23 bits per heavy atom. The zero-order chi connectivity index (χ0) is 18.7. The Kier molecular flexibility index (Phi) is 5.26. The first-order valence-corrected chi connectivity index (χ1v) is 8.23. The molecule has 2 aromatic rings. The van der Waals surface area contributed by atoms with E-state index in [1.165, 1.54) is 24.3 Å². The molecule has 9 heteroatoms. The van der Waals surface area contributed by atoms with Crippen LogP contribution >= 0.6 is 0 Å². The minimum atomic E-state index is -4.69. The van der Waals surface area contributed by atoms with E-state index in [0.29, 0.717) is 11.1 Å². The molecular formula is C17H18F3N3O3. The summed E-state index contributed by atoms with van der Waals surface area (Å²) < 4.78 is 47.2.